The molecule has 0 saturated heterocycles. The van der Waals surface area contributed by atoms with E-state index in [-0.39, 0.29) is 17.0 Å². The number of para-hydroxylation sites is 1. The Morgan fingerprint density at radius 2 is 1.84 bits per heavy atom. The van der Waals surface area contributed by atoms with Gasteiger partial charge in [-0.05, 0) is 18.4 Å². The highest BCUT2D eigenvalue weighted by atomic mass is 32.2. The highest BCUT2D eigenvalue weighted by molar-refractivity contribution is 8.00. The maximum atomic E-state index is 12.7. The van der Waals surface area contributed by atoms with Gasteiger partial charge in [-0.25, -0.2) is 4.98 Å². The van der Waals surface area contributed by atoms with Gasteiger partial charge in [-0.3, -0.25) is 10.2 Å². The van der Waals surface area contributed by atoms with Gasteiger partial charge in [0.05, 0.1) is 21.2 Å². The van der Waals surface area contributed by atoms with Gasteiger partial charge in [-0.2, -0.15) is 16.9 Å². The number of nitrogens with zero attached hydrogens (tertiary/aromatic N) is 2. The summed E-state index contributed by atoms with van der Waals surface area (Å²) in [5.41, 5.74) is 6.65. The number of carbonyl (C=O) groups is 1. The maximum Gasteiger partial charge on any atom is 0.204 e. The molecule has 0 aliphatic heterocycles. The van der Waals surface area contributed by atoms with Crippen LogP contribution in [-0.2, 0) is 0 Å². The van der Waals surface area contributed by atoms with E-state index in [1.54, 1.807) is 23.1 Å². The Morgan fingerprint density at radius 1 is 1.12 bits per heavy atom. The zero-order valence-corrected chi connectivity index (χ0v) is 15.5. The molecule has 1 aliphatic rings. The average molecular weight is 367 g/mol. The molecule has 3 aromatic rings. The third-order valence-corrected chi connectivity index (χ3v) is 6.50. The number of hydrogen-bond donors (Lipinski definition) is 1. The number of thioether (sulfide) groups is 1. The van der Waals surface area contributed by atoms with Gasteiger partial charge in [0, 0.05) is 17.0 Å². The first kappa shape index (κ1) is 16.3. The number of hydrogen-bond acceptors (Lipinski definition) is 6. The molecule has 1 N–H and O–H groups in total. The van der Waals surface area contributed by atoms with Crippen molar-refractivity contribution in [2.24, 2.45) is 11.0 Å². The lowest BCUT2D eigenvalue weighted by atomic mass is 9.82. The molecule has 2 atom stereocenters. The summed E-state index contributed by atoms with van der Waals surface area (Å²) < 4.78 is 1.12. The van der Waals surface area contributed by atoms with Crippen LogP contribution >= 0.6 is 23.1 Å². The highest BCUT2D eigenvalue weighted by Crippen LogP contribution is 2.33. The lowest BCUT2D eigenvalue weighted by Crippen LogP contribution is -2.37. The largest absolute Gasteiger partial charge is 0.293 e. The first-order valence-electron chi connectivity index (χ1n) is 8.04. The Hall–Kier alpha value is -2.18. The third-order valence-electron chi connectivity index (χ3n) is 4.43. The first-order valence-corrected chi connectivity index (χ1v) is 10.1. The van der Waals surface area contributed by atoms with E-state index >= 15 is 0 Å². The van der Waals surface area contributed by atoms with E-state index in [4.69, 9.17) is 0 Å². The summed E-state index contributed by atoms with van der Waals surface area (Å²) in [5.74, 6) is 0.230. The van der Waals surface area contributed by atoms with E-state index in [1.807, 2.05) is 54.8 Å². The SMILES string of the molecule is CSC1C(=O)c2ccccc2/C(=N/Nc2nc3ccccc3s2)C1C. The third kappa shape index (κ3) is 2.85. The molecule has 0 amide bonds. The summed E-state index contributed by atoms with van der Waals surface area (Å²) in [6.07, 6.45) is 1.98. The van der Waals surface area contributed by atoms with Gasteiger partial charge >= 0.3 is 0 Å². The number of carbonyl (C=O) groups excluding carboxylic acids is 1. The van der Waals surface area contributed by atoms with Gasteiger partial charge in [-0.1, -0.05) is 54.7 Å². The number of anilines is 1. The van der Waals surface area contributed by atoms with Crippen LogP contribution in [0.2, 0.25) is 0 Å². The molecule has 2 unspecified atom stereocenters. The van der Waals surface area contributed by atoms with Crippen molar-refractivity contribution in [3.63, 3.8) is 0 Å². The van der Waals surface area contributed by atoms with Gasteiger partial charge in [-0.15, -0.1) is 0 Å². The number of ketones is 1. The molecule has 4 rings (SSSR count). The quantitative estimate of drug-likeness (QED) is 0.683. The van der Waals surface area contributed by atoms with Crippen LogP contribution in [0, 0.1) is 5.92 Å². The van der Waals surface area contributed by atoms with Crippen LogP contribution in [0.4, 0.5) is 5.13 Å². The number of aromatic nitrogens is 1. The van der Waals surface area contributed by atoms with Crippen LogP contribution in [0.25, 0.3) is 10.2 Å². The second-order valence-electron chi connectivity index (χ2n) is 5.95. The normalized spacial score (nSPS) is 21.5. The summed E-state index contributed by atoms with van der Waals surface area (Å²) in [5, 5.41) is 5.31. The lowest BCUT2D eigenvalue weighted by molar-refractivity contribution is 0.0977. The Kier molecular flexibility index (Phi) is 4.31. The predicted octanol–water partition coefficient (Wildman–Crippen LogP) is 4.68. The van der Waals surface area contributed by atoms with Gasteiger partial charge in [0.2, 0.25) is 5.13 Å². The van der Waals surface area contributed by atoms with E-state index in [0.29, 0.717) is 0 Å². The molecule has 1 aliphatic carbocycles. The first-order chi connectivity index (χ1) is 12.2. The van der Waals surface area contributed by atoms with Crippen LogP contribution in [-0.4, -0.2) is 28.0 Å². The molecule has 4 nitrogen and oxygen atoms in total. The molecule has 1 heterocycles. The fourth-order valence-corrected chi connectivity index (χ4v) is 4.88. The van der Waals surface area contributed by atoms with Crippen molar-refractivity contribution < 1.29 is 4.79 Å². The van der Waals surface area contributed by atoms with E-state index < -0.39 is 0 Å². The molecule has 0 bridgehead atoms. The standard InChI is InChI=1S/C19H17N3OS2/c1-11-16(12-7-3-4-8-13(12)17(23)18(11)24-2)21-22-19-20-14-9-5-6-10-15(14)25-19/h3-11,18H,1-2H3,(H,20,22)/b21-16+. The number of fused-ring (bicyclic) bond motifs is 2. The molecule has 25 heavy (non-hydrogen) atoms. The number of thiazole rings is 1. The number of benzene rings is 2. The Balaban J connectivity index is 1.73. The van der Waals surface area contributed by atoms with Crippen molar-refractivity contribution in [2.45, 2.75) is 12.2 Å². The highest BCUT2D eigenvalue weighted by Gasteiger charge is 2.36. The van der Waals surface area contributed by atoms with Crippen LogP contribution < -0.4 is 5.43 Å². The Bertz CT molecular complexity index is 946. The summed E-state index contributed by atoms with van der Waals surface area (Å²) in [7, 11) is 0. The van der Waals surface area contributed by atoms with Crippen molar-refractivity contribution in [2.75, 3.05) is 11.7 Å². The van der Waals surface area contributed by atoms with Crippen molar-refractivity contribution in [3.8, 4) is 0 Å². The fraction of sp³-hybridized carbons (Fsp3) is 0.211. The van der Waals surface area contributed by atoms with Crippen LogP contribution in [0.5, 0.6) is 0 Å². The molecule has 1 aromatic heterocycles. The van der Waals surface area contributed by atoms with Gasteiger partial charge < -0.3 is 0 Å². The zero-order chi connectivity index (χ0) is 17.4. The van der Waals surface area contributed by atoms with Crippen LogP contribution in [0.1, 0.15) is 22.8 Å². The van der Waals surface area contributed by atoms with Crippen molar-refractivity contribution in [1.29, 1.82) is 0 Å². The van der Waals surface area contributed by atoms with Gasteiger partial charge in [0.25, 0.3) is 0 Å². The number of rotatable bonds is 3. The van der Waals surface area contributed by atoms with E-state index in [9.17, 15) is 4.79 Å². The summed E-state index contributed by atoms with van der Waals surface area (Å²) >= 11 is 3.16. The van der Waals surface area contributed by atoms with Gasteiger partial charge in [0.1, 0.15) is 0 Å². The second kappa shape index (κ2) is 6.61. The molecule has 2 aromatic carbocycles. The van der Waals surface area contributed by atoms with E-state index in [1.165, 1.54) is 0 Å². The summed E-state index contributed by atoms with van der Waals surface area (Å²) in [6, 6.07) is 15.7. The lowest BCUT2D eigenvalue weighted by Gasteiger charge is -2.29. The minimum absolute atomic E-state index is 0.0410. The minimum atomic E-state index is -0.106. The fourth-order valence-electron chi connectivity index (χ4n) is 3.19. The maximum absolute atomic E-state index is 12.7. The summed E-state index contributed by atoms with van der Waals surface area (Å²) in [6.45, 7) is 2.06. The molecular weight excluding hydrogens is 350 g/mol. The monoisotopic (exact) mass is 367 g/mol. The molecular formula is C19H17N3OS2. The predicted molar refractivity (Wildman–Crippen MR) is 107 cm³/mol. The topological polar surface area (TPSA) is 54.4 Å². The van der Waals surface area contributed by atoms with Crippen molar-refractivity contribution in [3.05, 3.63) is 59.7 Å². The molecule has 0 spiro atoms. The number of hydrazone groups is 1. The Morgan fingerprint density at radius 3 is 2.60 bits per heavy atom. The Labute approximate surface area is 154 Å². The second-order valence-corrected chi connectivity index (χ2v) is 7.96. The molecule has 6 heteroatoms. The van der Waals surface area contributed by atoms with Crippen molar-refractivity contribution in [1.82, 2.24) is 4.98 Å². The smallest absolute Gasteiger partial charge is 0.204 e. The molecule has 0 saturated carbocycles. The molecule has 0 radical (unpaired) electrons. The number of nitrogens with one attached hydrogen (secondary N) is 1. The van der Waals surface area contributed by atoms with Crippen molar-refractivity contribution >= 4 is 49.9 Å². The van der Waals surface area contributed by atoms with Gasteiger partial charge in [0.15, 0.2) is 5.78 Å². The zero-order valence-electron chi connectivity index (χ0n) is 13.9. The van der Waals surface area contributed by atoms with Crippen LogP contribution in [0.3, 0.4) is 0 Å². The number of Topliss-reactive ketones (excluding diaryl/α,β-unsaturated/α-hetero) is 1. The van der Waals surface area contributed by atoms with Crippen LogP contribution in [0.15, 0.2) is 53.6 Å². The average Bonchev–Trinajstić information content (AvgIpc) is 3.05. The molecule has 0 fully saturated rings. The molecule has 126 valence electrons. The van der Waals surface area contributed by atoms with E-state index in [2.05, 4.69) is 22.4 Å². The summed E-state index contributed by atoms with van der Waals surface area (Å²) in [4.78, 5) is 17.2. The van der Waals surface area contributed by atoms with E-state index in [0.717, 1.165) is 32.2 Å². The minimum Gasteiger partial charge on any atom is -0.293 e.